The van der Waals surface area contributed by atoms with Crippen LogP contribution in [0.2, 0.25) is 0 Å². The van der Waals surface area contributed by atoms with Gasteiger partial charge in [0.05, 0.1) is 0 Å². The van der Waals surface area contributed by atoms with Gasteiger partial charge < -0.3 is 9.80 Å². The van der Waals surface area contributed by atoms with Gasteiger partial charge in [-0.15, -0.1) is 0 Å². The third kappa shape index (κ3) is 3.46. The molecule has 0 radical (unpaired) electrons. The monoisotopic (exact) mass is 310 g/mol. The fraction of sp³-hybridized carbons (Fsp3) is 0.474. The zero-order valence-electron chi connectivity index (χ0n) is 14.4. The first kappa shape index (κ1) is 15.8. The Bertz CT molecular complexity index is 641. The van der Waals surface area contributed by atoms with Crippen molar-refractivity contribution in [1.29, 1.82) is 0 Å². The van der Waals surface area contributed by atoms with Gasteiger partial charge in [-0.3, -0.25) is 0 Å². The van der Waals surface area contributed by atoms with Gasteiger partial charge in [0.15, 0.2) is 0 Å². The molecule has 1 atom stereocenters. The maximum atomic E-state index is 4.87. The minimum Gasteiger partial charge on any atom is -0.353 e. The molecule has 1 saturated heterocycles. The van der Waals surface area contributed by atoms with E-state index < -0.39 is 0 Å². The van der Waals surface area contributed by atoms with E-state index in [1.807, 2.05) is 25.2 Å². The van der Waals surface area contributed by atoms with E-state index >= 15 is 0 Å². The van der Waals surface area contributed by atoms with E-state index in [2.05, 4.69) is 46.8 Å². The zero-order chi connectivity index (χ0) is 16.2. The number of anilines is 3. The van der Waals surface area contributed by atoms with Crippen molar-refractivity contribution < 1.29 is 0 Å². The molecule has 0 spiro atoms. The van der Waals surface area contributed by atoms with Gasteiger partial charge in [0.2, 0.25) is 5.95 Å². The summed E-state index contributed by atoms with van der Waals surface area (Å²) in [5, 5.41) is 0. The second-order valence-electron chi connectivity index (χ2n) is 6.31. The summed E-state index contributed by atoms with van der Waals surface area (Å²) in [5.41, 5.74) is 2.13. The maximum Gasteiger partial charge on any atom is 0.231 e. The fourth-order valence-corrected chi connectivity index (χ4v) is 3.33. The highest BCUT2D eigenvalue weighted by Crippen LogP contribution is 2.28. The molecule has 122 valence electrons. The molecule has 0 aliphatic carbocycles. The Labute approximate surface area is 139 Å². The Balaban J connectivity index is 1.92. The smallest absolute Gasteiger partial charge is 0.231 e. The molecule has 2 heterocycles. The molecule has 1 aromatic carbocycles. The number of nitrogens with zero attached hydrogens (tertiary/aromatic N) is 4. The van der Waals surface area contributed by atoms with E-state index in [0.29, 0.717) is 6.04 Å². The molecule has 1 aromatic heterocycles. The number of aryl methyl sites for hydroxylation is 1. The van der Waals surface area contributed by atoms with Gasteiger partial charge >= 0.3 is 0 Å². The van der Waals surface area contributed by atoms with Crippen LogP contribution in [0.15, 0.2) is 36.4 Å². The summed E-state index contributed by atoms with van der Waals surface area (Å²) in [7, 11) is 2.03. The number of hydrogen-bond acceptors (Lipinski definition) is 4. The fourth-order valence-electron chi connectivity index (χ4n) is 3.33. The van der Waals surface area contributed by atoms with Gasteiger partial charge in [0, 0.05) is 37.1 Å². The number of rotatable bonds is 4. The van der Waals surface area contributed by atoms with Gasteiger partial charge in [-0.2, -0.15) is 4.98 Å². The second-order valence-corrected chi connectivity index (χ2v) is 6.31. The molecule has 3 rings (SSSR count). The standard InChI is InChI=1S/C19H26N4/c1-4-16-10-8-9-13-23(16)18-14-15(2)20-19(21-18)22(3)17-11-6-5-7-12-17/h5-7,11-12,14,16H,4,8-10,13H2,1-3H3. The lowest BCUT2D eigenvalue weighted by Gasteiger charge is -2.36. The van der Waals surface area contributed by atoms with E-state index in [9.17, 15) is 0 Å². The summed E-state index contributed by atoms with van der Waals surface area (Å²) in [4.78, 5) is 14.0. The highest BCUT2D eigenvalue weighted by atomic mass is 15.3. The van der Waals surface area contributed by atoms with E-state index in [4.69, 9.17) is 4.98 Å². The quantitative estimate of drug-likeness (QED) is 0.842. The molecule has 4 heteroatoms. The molecule has 1 fully saturated rings. The minimum absolute atomic E-state index is 0.605. The van der Waals surface area contributed by atoms with Crippen molar-refractivity contribution in [3.63, 3.8) is 0 Å². The van der Waals surface area contributed by atoms with E-state index in [1.165, 1.54) is 25.7 Å². The molecule has 1 aliphatic heterocycles. The van der Waals surface area contributed by atoms with Crippen LogP contribution in [0.25, 0.3) is 0 Å². The highest BCUT2D eigenvalue weighted by molar-refractivity contribution is 5.58. The van der Waals surface area contributed by atoms with Crippen molar-refractivity contribution in [2.45, 2.75) is 45.6 Å². The summed E-state index contributed by atoms with van der Waals surface area (Å²) in [6.07, 6.45) is 5.02. The van der Waals surface area contributed by atoms with Crippen LogP contribution in [-0.4, -0.2) is 29.6 Å². The van der Waals surface area contributed by atoms with Crippen LogP contribution in [0.5, 0.6) is 0 Å². The Kier molecular flexibility index (Phi) is 4.79. The predicted molar refractivity (Wildman–Crippen MR) is 96.6 cm³/mol. The van der Waals surface area contributed by atoms with Gasteiger partial charge in [0.1, 0.15) is 5.82 Å². The minimum atomic E-state index is 0.605. The van der Waals surface area contributed by atoms with Crippen molar-refractivity contribution in [3.05, 3.63) is 42.1 Å². The van der Waals surface area contributed by atoms with Crippen molar-refractivity contribution in [3.8, 4) is 0 Å². The molecule has 0 amide bonds. The molecule has 0 saturated carbocycles. The molecular formula is C19H26N4. The number of para-hydroxylation sites is 1. The number of hydrogen-bond donors (Lipinski definition) is 0. The van der Waals surface area contributed by atoms with Crippen molar-refractivity contribution >= 4 is 17.5 Å². The van der Waals surface area contributed by atoms with Crippen LogP contribution < -0.4 is 9.80 Å². The summed E-state index contributed by atoms with van der Waals surface area (Å²) in [6, 6.07) is 13.0. The summed E-state index contributed by atoms with van der Waals surface area (Å²) in [6.45, 7) is 5.43. The third-order valence-corrected chi connectivity index (χ3v) is 4.67. The molecule has 0 bridgehead atoms. The molecule has 1 unspecified atom stereocenters. The highest BCUT2D eigenvalue weighted by Gasteiger charge is 2.23. The molecule has 4 nitrogen and oxygen atoms in total. The summed E-state index contributed by atoms with van der Waals surface area (Å²) < 4.78 is 0. The van der Waals surface area contributed by atoms with E-state index in [1.54, 1.807) is 0 Å². The van der Waals surface area contributed by atoms with E-state index in [-0.39, 0.29) is 0 Å². The lowest BCUT2D eigenvalue weighted by molar-refractivity contribution is 0.446. The van der Waals surface area contributed by atoms with Gasteiger partial charge in [-0.05, 0) is 44.7 Å². The first-order valence-electron chi connectivity index (χ1n) is 8.60. The Morgan fingerprint density at radius 2 is 1.96 bits per heavy atom. The van der Waals surface area contributed by atoms with Crippen LogP contribution in [0.3, 0.4) is 0 Å². The largest absolute Gasteiger partial charge is 0.353 e. The van der Waals surface area contributed by atoms with Crippen LogP contribution in [0.1, 0.15) is 38.3 Å². The summed E-state index contributed by atoms with van der Waals surface area (Å²) >= 11 is 0. The molecular weight excluding hydrogens is 284 g/mol. The molecule has 0 N–H and O–H groups in total. The Morgan fingerprint density at radius 3 is 2.70 bits per heavy atom. The molecule has 1 aliphatic rings. The molecule has 2 aromatic rings. The van der Waals surface area contributed by atoms with Crippen molar-refractivity contribution in [2.75, 3.05) is 23.4 Å². The Morgan fingerprint density at radius 1 is 1.17 bits per heavy atom. The number of piperidine rings is 1. The lowest BCUT2D eigenvalue weighted by Crippen LogP contribution is -2.40. The zero-order valence-corrected chi connectivity index (χ0v) is 14.4. The normalized spacial score (nSPS) is 18.0. The van der Waals surface area contributed by atoms with Crippen molar-refractivity contribution in [1.82, 2.24) is 9.97 Å². The van der Waals surface area contributed by atoms with Crippen molar-refractivity contribution in [2.24, 2.45) is 0 Å². The predicted octanol–water partition coefficient (Wildman–Crippen LogP) is 4.32. The second kappa shape index (κ2) is 6.99. The molecule has 23 heavy (non-hydrogen) atoms. The first-order valence-corrected chi connectivity index (χ1v) is 8.60. The van der Waals surface area contributed by atoms with E-state index in [0.717, 1.165) is 29.7 Å². The average Bonchev–Trinajstić information content (AvgIpc) is 2.61. The number of aromatic nitrogens is 2. The third-order valence-electron chi connectivity index (χ3n) is 4.67. The van der Waals surface area contributed by atoms with Gasteiger partial charge in [-0.1, -0.05) is 25.1 Å². The topological polar surface area (TPSA) is 32.3 Å². The SMILES string of the molecule is CCC1CCCCN1c1cc(C)nc(N(C)c2ccccc2)n1. The van der Waals surface area contributed by atoms with Crippen LogP contribution in [-0.2, 0) is 0 Å². The van der Waals surface area contributed by atoms with Crippen LogP contribution >= 0.6 is 0 Å². The average molecular weight is 310 g/mol. The Hall–Kier alpha value is -2.10. The summed E-state index contributed by atoms with van der Waals surface area (Å²) in [5.74, 6) is 1.84. The van der Waals surface area contributed by atoms with Crippen LogP contribution in [0, 0.1) is 6.92 Å². The first-order chi connectivity index (χ1) is 11.2. The van der Waals surface area contributed by atoms with Gasteiger partial charge in [-0.25, -0.2) is 4.98 Å². The number of benzene rings is 1. The lowest BCUT2D eigenvalue weighted by atomic mass is 10.00. The maximum absolute atomic E-state index is 4.87. The van der Waals surface area contributed by atoms with Gasteiger partial charge in [0.25, 0.3) is 0 Å². The van der Waals surface area contributed by atoms with Crippen LogP contribution in [0.4, 0.5) is 17.5 Å².